The molecule has 7 nitrogen and oxygen atoms in total. The van der Waals surface area contributed by atoms with Gasteiger partial charge >= 0.3 is 0 Å². The average Bonchev–Trinajstić information content (AvgIpc) is 3.19. The Morgan fingerprint density at radius 1 is 0.825 bits per heavy atom. The number of carbonyl (C=O) groups is 3. The van der Waals surface area contributed by atoms with Crippen LogP contribution in [0.1, 0.15) is 10.4 Å². The smallest absolute Gasteiger partial charge is 0.283 e. The number of nitrogens with zero attached hydrogens (tertiary/aromatic N) is 1. The second kappa shape index (κ2) is 11.8. The van der Waals surface area contributed by atoms with E-state index >= 15 is 0 Å². The zero-order valence-electron chi connectivity index (χ0n) is 21.0. The zero-order valence-corrected chi connectivity index (χ0v) is 23.4. The van der Waals surface area contributed by atoms with Gasteiger partial charge in [-0.2, -0.15) is 0 Å². The van der Waals surface area contributed by atoms with Gasteiger partial charge in [-0.3, -0.25) is 14.4 Å². The first-order valence-electron chi connectivity index (χ1n) is 12.0. The summed E-state index contributed by atoms with van der Waals surface area (Å²) >= 11 is 4.46. The SMILES string of the molecule is COc1ccc(N2C(=O)C(Nc3ccc(F)cc3)=C(Sc3ccc(NC(=O)c4ccc(Br)cc4)cc3)C2=O)cc1. The molecular weight excluding hydrogens is 597 g/mol. The number of halogens is 2. The number of imide groups is 1. The standard InChI is InChI=1S/C30H21BrFN3O4S/c1-39-24-14-12-23(13-15-24)35-29(37)26(33-21-8-6-20(32)7-9-21)27(30(35)38)40-25-16-10-22(11-17-25)34-28(36)18-2-4-19(31)5-3-18/h2-17,33H,1H3,(H,34,36). The second-order valence-electron chi connectivity index (χ2n) is 8.57. The fourth-order valence-electron chi connectivity index (χ4n) is 3.89. The Morgan fingerprint density at radius 2 is 1.45 bits per heavy atom. The number of thioether (sulfide) groups is 1. The molecule has 0 aromatic heterocycles. The summed E-state index contributed by atoms with van der Waals surface area (Å²) in [4.78, 5) is 41.5. The van der Waals surface area contributed by atoms with Crippen molar-refractivity contribution < 1.29 is 23.5 Å². The van der Waals surface area contributed by atoms with Crippen molar-refractivity contribution in [3.05, 3.63) is 124 Å². The number of carbonyl (C=O) groups excluding carboxylic acids is 3. The number of hydrogen-bond acceptors (Lipinski definition) is 6. The van der Waals surface area contributed by atoms with Crippen LogP contribution in [0, 0.1) is 5.82 Å². The lowest BCUT2D eigenvalue weighted by atomic mass is 10.2. The monoisotopic (exact) mass is 617 g/mol. The lowest BCUT2D eigenvalue weighted by Gasteiger charge is -2.15. The lowest BCUT2D eigenvalue weighted by molar-refractivity contribution is -0.120. The molecule has 1 heterocycles. The number of ether oxygens (including phenoxy) is 1. The Labute approximate surface area is 242 Å². The predicted molar refractivity (Wildman–Crippen MR) is 157 cm³/mol. The first-order valence-corrected chi connectivity index (χ1v) is 13.6. The van der Waals surface area contributed by atoms with E-state index in [1.165, 1.54) is 31.4 Å². The lowest BCUT2D eigenvalue weighted by Crippen LogP contribution is -2.32. The van der Waals surface area contributed by atoms with Gasteiger partial charge in [0.2, 0.25) is 0 Å². The topological polar surface area (TPSA) is 87.7 Å². The fourth-order valence-corrected chi connectivity index (χ4v) is 5.08. The third-order valence-corrected chi connectivity index (χ3v) is 7.54. The third-order valence-electron chi connectivity index (χ3n) is 5.92. The van der Waals surface area contributed by atoms with Crippen LogP contribution in [0.4, 0.5) is 21.5 Å². The Bertz CT molecular complexity index is 1610. The highest BCUT2D eigenvalue weighted by atomic mass is 79.9. The van der Waals surface area contributed by atoms with Crippen molar-refractivity contribution in [2.75, 3.05) is 22.6 Å². The number of methoxy groups -OCH3 is 1. The molecule has 10 heteroatoms. The normalized spacial score (nSPS) is 13.0. The predicted octanol–water partition coefficient (Wildman–Crippen LogP) is 6.84. The molecule has 200 valence electrons. The molecule has 40 heavy (non-hydrogen) atoms. The van der Waals surface area contributed by atoms with Crippen LogP contribution in [0.15, 0.2) is 117 Å². The quantitative estimate of drug-likeness (QED) is 0.211. The van der Waals surface area contributed by atoms with E-state index in [0.717, 1.165) is 21.1 Å². The molecule has 0 aliphatic carbocycles. The highest BCUT2D eigenvalue weighted by Crippen LogP contribution is 2.38. The summed E-state index contributed by atoms with van der Waals surface area (Å²) in [6.07, 6.45) is 0. The molecule has 0 spiro atoms. The summed E-state index contributed by atoms with van der Waals surface area (Å²) in [5.74, 6) is -1.14. The van der Waals surface area contributed by atoms with Crippen LogP contribution in [0.3, 0.4) is 0 Å². The van der Waals surface area contributed by atoms with Crippen molar-refractivity contribution in [3.8, 4) is 5.75 Å². The van der Waals surface area contributed by atoms with Gasteiger partial charge in [-0.25, -0.2) is 9.29 Å². The number of amides is 3. The van der Waals surface area contributed by atoms with Crippen LogP contribution < -0.4 is 20.3 Å². The summed E-state index contributed by atoms with van der Waals surface area (Å²) < 4.78 is 19.5. The van der Waals surface area contributed by atoms with Gasteiger partial charge in [-0.05, 0) is 97.1 Å². The van der Waals surface area contributed by atoms with Crippen LogP contribution in [0.25, 0.3) is 0 Å². The van der Waals surface area contributed by atoms with Gasteiger partial charge in [0.1, 0.15) is 22.2 Å². The van der Waals surface area contributed by atoms with Gasteiger partial charge < -0.3 is 15.4 Å². The molecule has 0 bridgehead atoms. The summed E-state index contributed by atoms with van der Waals surface area (Å²) in [6, 6.07) is 26.0. The maximum Gasteiger partial charge on any atom is 0.283 e. The first kappa shape index (κ1) is 27.2. The molecule has 3 amide bonds. The molecule has 0 saturated heterocycles. The number of anilines is 3. The molecule has 0 fully saturated rings. The molecule has 0 saturated carbocycles. The molecule has 4 aromatic rings. The number of hydrogen-bond donors (Lipinski definition) is 2. The van der Waals surface area contributed by atoms with Gasteiger partial charge in [-0.1, -0.05) is 27.7 Å². The first-order chi connectivity index (χ1) is 19.3. The summed E-state index contributed by atoms with van der Waals surface area (Å²) in [6.45, 7) is 0. The van der Waals surface area contributed by atoms with E-state index < -0.39 is 17.6 Å². The largest absolute Gasteiger partial charge is 0.497 e. The molecule has 5 rings (SSSR count). The molecule has 0 radical (unpaired) electrons. The molecule has 1 aliphatic heterocycles. The van der Waals surface area contributed by atoms with Gasteiger partial charge in [0, 0.05) is 26.3 Å². The minimum Gasteiger partial charge on any atom is -0.497 e. The molecule has 0 unspecified atom stereocenters. The molecule has 2 N–H and O–H groups in total. The molecule has 4 aromatic carbocycles. The van der Waals surface area contributed by atoms with Gasteiger partial charge in [0.15, 0.2) is 0 Å². The number of benzene rings is 4. The Balaban J connectivity index is 1.40. The van der Waals surface area contributed by atoms with Gasteiger partial charge in [-0.15, -0.1) is 0 Å². The molecular formula is C30H21BrFN3O4S. The van der Waals surface area contributed by atoms with E-state index in [9.17, 15) is 18.8 Å². The van der Waals surface area contributed by atoms with Gasteiger partial charge in [0.05, 0.1) is 12.8 Å². The van der Waals surface area contributed by atoms with E-state index in [2.05, 4.69) is 26.6 Å². The minimum atomic E-state index is -0.541. The van der Waals surface area contributed by atoms with Crippen LogP contribution >= 0.6 is 27.7 Å². The van der Waals surface area contributed by atoms with E-state index in [-0.39, 0.29) is 16.5 Å². The summed E-state index contributed by atoms with van der Waals surface area (Å²) in [5.41, 5.74) is 2.00. The Hall–Kier alpha value is -4.41. The maximum atomic E-state index is 13.6. The summed E-state index contributed by atoms with van der Waals surface area (Å²) in [5, 5.41) is 5.84. The zero-order chi connectivity index (χ0) is 28.2. The molecule has 1 aliphatic rings. The van der Waals surface area contributed by atoms with Crippen molar-refractivity contribution in [1.82, 2.24) is 0 Å². The van der Waals surface area contributed by atoms with E-state index in [0.29, 0.717) is 33.3 Å². The van der Waals surface area contributed by atoms with Crippen LogP contribution in [0.5, 0.6) is 5.75 Å². The number of nitrogens with one attached hydrogen (secondary N) is 2. The highest BCUT2D eigenvalue weighted by Gasteiger charge is 2.40. The fraction of sp³-hybridized carbons (Fsp3) is 0.0333. The van der Waals surface area contributed by atoms with Crippen LogP contribution in [-0.2, 0) is 9.59 Å². The summed E-state index contributed by atoms with van der Waals surface area (Å²) in [7, 11) is 1.53. The van der Waals surface area contributed by atoms with Crippen molar-refractivity contribution in [3.63, 3.8) is 0 Å². The highest BCUT2D eigenvalue weighted by molar-refractivity contribution is 9.10. The van der Waals surface area contributed by atoms with Crippen molar-refractivity contribution in [2.45, 2.75) is 4.90 Å². The second-order valence-corrected chi connectivity index (χ2v) is 10.6. The Kier molecular flexibility index (Phi) is 7.99. The molecule has 0 atom stereocenters. The van der Waals surface area contributed by atoms with Crippen molar-refractivity contribution >= 4 is 62.5 Å². The van der Waals surface area contributed by atoms with Crippen LogP contribution in [0.2, 0.25) is 0 Å². The van der Waals surface area contributed by atoms with E-state index in [1.54, 1.807) is 72.8 Å². The minimum absolute atomic E-state index is 0.0741. The average molecular weight is 618 g/mol. The van der Waals surface area contributed by atoms with E-state index in [4.69, 9.17) is 4.74 Å². The third kappa shape index (κ3) is 5.93. The van der Waals surface area contributed by atoms with Crippen molar-refractivity contribution in [2.24, 2.45) is 0 Å². The maximum absolute atomic E-state index is 13.6. The Morgan fingerprint density at radius 3 is 2.08 bits per heavy atom. The van der Waals surface area contributed by atoms with Gasteiger partial charge in [0.25, 0.3) is 17.7 Å². The van der Waals surface area contributed by atoms with Crippen molar-refractivity contribution in [1.29, 1.82) is 0 Å². The van der Waals surface area contributed by atoms with E-state index in [1.807, 2.05) is 0 Å². The number of rotatable bonds is 8. The van der Waals surface area contributed by atoms with Crippen LogP contribution in [-0.4, -0.2) is 24.8 Å².